The molecule has 0 spiro atoms. The van der Waals surface area contributed by atoms with Gasteiger partial charge in [-0.25, -0.2) is 0 Å². The first-order valence-corrected chi connectivity index (χ1v) is 5.56. The zero-order chi connectivity index (χ0) is 10.8. The summed E-state index contributed by atoms with van der Waals surface area (Å²) in [6.07, 6.45) is 2.12. The van der Waals surface area contributed by atoms with Gasteiger partial charge in [-0.15, -0.1) is 0 Å². The van der Waals surface area contributed by atoms with Crippen molar-refractivity contribution in [3.05, 3.63) is 35.4 Å². The van der Waals surface area contributed by atoms with Gasteiger partial charge in [0.1, 0.15) is 0 Å². The normalized spacial score (nSPS) is 19.0. The maximum atomic E-state index is 11.6. The summed E-state index contributed by atoms with van der Waals surface area (Å²) in [6, 6.07) is 8.60. The molecule has 2 nitrogen and oxygen atoms in total. The number of benzene rings is 1. The van der Waals surface area contributed by atoms with Gasteiger partial charge in [0.15, 0.2) is 0 Å². The van der Waals surface area contributed by atoms with Crippen molar-refractivity contribution in [1.29, 1.82) is 0 Å². The fraction of sp³-hybridized carbons (Fsp3) is 0.462. The minimum Gasteiger partial charge on any atom is -0.349 e. The first-order chi connectivity index (χ1) is 7.18. The summed E-state index contributed by atoms with van der Waals surface area (Å²) in [5.74, 6) is 0.217. The molecule has 80 valence electrons. The SMILES string of the molecule is CC(C)C(=O)NC1CCc2ccccc21. The molecule has 2 rings (SSSR count). The van der Waals surface area contributed by atoms with Crippen LogP contribution in [0.25, 0.3) is 0 Å². The molecule has 0 radical (unpaired) electrons. The quantitative estimate of drug-likeness (QED) is 0.786. The Kier molecular flexibility index (Phi) is 2.76. The Labute approximate surface area is 90.7 Å². The van der Waals surface area contributed by atoms with Crippen molar-refractivity contribution in [2.24, 2.45) is 5.92 Å². The molecule has 0 heterocycles. The number of carbonyl (C=O) groups is 1. The second-order valence-electron chi connectivity index (χ2n) is 4.45. The van der Waals surface area contributed by atoms with Gasteiger partial charge in [0.25, 0.3) is 0 Å². The van der Waals surface area contributed by atoms with Gasteiger partial charge >= 0.3 is 0 Å². The molecule has 0 fully saturated rings. The largest absolute Gasteiger partial charge is 0.349 e. The average molecular weight is 203 g/mol. The molecular formula is C13H17NO. The first-order valence-electron chi connectivity index (χ1n) is 5.56. The predicted octanol–water partition coefficient (Wildman–Crippen LogP) is 2.45. The summed E-state index contributed by atoms with van der Waals surface area (Å²) in [6.45, 7) is 3.85. The van der Waals surface area contributed by atoms with Crippen molar-refractivity contribution < 1.29 is 4.79 Å². The summed E-state index contributed by atoms with van der Waals surface area (Å²) < 4.78 is 0. The van der Waals surface area contributed by atoms with Gasteiger partial charge < -0.3 is 5.32 Å². The third kappa shape index (κ3) is 2.04. The minimum absolute atomic E-state index is 0.0674. The van der Waals surface area contributed by atoms with Gasteiger partial charge in [-0.1, -0.05) is 38.1 Å². The molecule has 15 heavy (non-hydrogen) atoms. The van der Waals surface area contributed by atoms with Gasteiger partial charge in [-0.3, -0.25) is 4.79 Å². The van der Waals surface area contributed by atoms with Crippen molar-refractivity contribution in [2.75, 3.05) is 0 Å². The van der Waals surface area contributed by atoms with Gasteiger partial charge in [0.05, 0.1) is 6.04 Å². The molecular weight excluding hydrogens is 186 g/mol. The van der Waals surface area contributed by atoms with Crippen LogP contribution >= 0.6 is 0 Å². The van der Waals surface area contributed by atoms with Crippen LogP contribution in [-0.2, 0) is 11.2 Å². The van der Waals surface area contributed by atoms with E-state index in [9.17, 15) is 4.79 Å². The van der Waals surface area contributed by atoms with E-state index in [0.717, 1.165) is 12.8 Å². The van der Waals surface area contributed by atoms with E-state index in [-0.39, 0.29) is 17.9 Å². The molecule has 1 N–H and O–H groups in total. The molecule has 1 aromatic rings. The van der Waals surface area contributed by atoms with Crippen molar-refractivity contribution in [2.45, 2.75) is 32.7 Å². The van der Waals surface area contributed by atoms with Gasteiger partial charge in [0.2, 0.25) is 5.91 Å². The van der Waals surface area contributed by atoms with E-state index < -0.39 is 0 Å². The van der Waals surface area contributed by atoms with Crippen molar-refractivity contribution in [3.63, 3.8) is 0 Å². The highest BCUT2D eigenvalue weighted by molar-refractivity contribution is 5.78. The number of rotatable bonds is 2. The van der Waals surface area contributed by atoms with Crippen LogP contribution in [0.15, 0.2) is 24.3 Å². The van der Waals surface area contributed by atoms with Gasteiger partial charge in [0, 0.05) is 5.92 Å². The molecule has 1 aliphatic rings. The highest BCUT2D eigenvalue weighted by Gasteiger charge is 2.23. The Morgan fingerprint density at radius 3 is 2.87 bits per heavy atom. The van der Waals surface area contributed by atoms with Crippen molar-refractivity contribution in [3.8, 4) is 0 Å². The molecule has 2 heteroatoms. The van der Waals surface area contributed by atoms with Crippen LogP contribution in [0.5, 0.6) is 0 Å². The second kappa shape index (κ2) is 4.05. The van der Waals surface area contributed by atoms with E-state index in [1.54, 1.807) is 0 Å². The number of hydrogen-bond acceptors (Lipinski definition) is 1. The lowest BCUT2D eigenvalue weighted by Gasteiger charge is -2.15. The van der Waals surface area contributed by atoms with E-state index in [2.05, 4.69) is 23.5 Å². The van der Waals surface area contributed by atoms with Crippen LogP contribution in [0.4, 0.5) is 0 Å². The second-order valence-corrected chi connectivity index (χ2v) is 4.45. The maximum Gasteiger partial charge on any atom is 0.223 e. The lowest BCUT2D eigenvalue weighted by Crippen LogP contribution is -2.30. The Morgan fingerprint density at radius 2 is 2.13 bits per heavy atom. The monoisotopic (exact) mass is 203 g/mol. The fourth-order valence-corrected chi connectivity index (χ4v) is 2.05. The standard InChI is InChI=1S/C13H17NO/c1-9(2)13(15)14-12-8-7-10-5-3-4-6-11(10)12/h3-6,9,12H,7-8H2,1-2H3,(H,14,15). The number of aryl methyl sites for hydroxylation is 1. The molecule has 1 aliphatic carbocycles. The lowest BCUT2D eigenvalue weighted by atomic mass is 10.1. The van der Waals surface area contributed by atoms with Gasteiger partial charge in [-0.05, 0) is 24.0 Å². The predicted molar refractivity (Wildman–Crippen MR) is 60.5 cm³/mol. The summed E-state index contributed by atoms with van der Waals surface area (Å²) in [7, 11) is 0. The van der Waals surface area contributed by atoms with Crippen LogP contribution in [-0.4, -0.2) is 5.91 Å². The third-order valence-electron chi connectivity index (χ3n) is 2.97. The van der Waals surface area contributed by atoms with Crippen LogP contribution < -0.4 is 5.32 Å². The topological polar surface area (TPSA) is 29.1 Å². The fourth-order valence-electron chi connectivity index (χ4n) is 2.05. The van der Waals surface area contributed by atoms with Crippen molar-refractivity contribution >= 4 is 5.91 Å². The molecule has 0 bridgehead atoms. The summed E-state index contributed by atoms with van der Waals surface area (Å²) in [5.41, 5.74) is 2.68. The van der Waals surface area contributed by atoms with Crippen LogP contribution in [0.3, 0.4) is 0 Å². The molecule has 1 unspecified atom stereocenters. The Balaban J connectivity index is 2.11. The Bertz CT molecular complexity index is 371. The summed E-state index contributed by atoms with van der Waals surface area (Å²) in [4.78, 5) is 11.6. The van der Waals surface area contributed by atoms with E-state index in [1.165, 1.54) is 11.1 Å². The van der Waals surface area contributed by atoms with Crippen LogP contribution in [0.1, 0.15) is 37.4 Å². The molecule has 0 saturated carbocycles. The lowest BCUT2D eigenvalue weighted by molar-refractivity contribution is -0.124. The number of hydrogen-bond donors (Lipinski definition) is 1. The highest BCUT2D eigenvalue weighted by atomic mass is 16.1. The zero-order valence-corrected chi connectivity index (χ0v) is 9.29. The molecule has 1 aromatic carbocycles. The number of amides is 1. The number of nitrogens with one attached hydrogen (secondary N) is 1. The van der Waals surface area contributed by atoms with Gasteiger partial charge in [-0.2, -0.15) is 0 Å². The minimum atomic E-state index is 0.0674. The van der Waals surface area contributed by atoms with Crippen LogP contribution in [0, 0.1) is 5.92 Å². The van der Waals surface area contributed by atoms with Crippen LogP contribution in [0.2, 0.25) is 0 Å². The molecule has 1 atom stereocenters. The van der Waals surface area contributed by atoms with E-state index >= 15 is 0 Å². The third-order valence-corrected chi connectivity index (χ3v) is 2.97. The first kappa shape index (κ1) is 10.2. The smallest absolute Gasteiger partial charge is 0.223 e. The molecule has 1 amide bonds. The highest BCUT2D eigenvalue weighted by Crippen LogP contribution is 2.30. The molecule has 0 aromatic heterocycles. The molecule has 0 aliphatic heterocycles. The average Bonchev–Trinajstić information content (AvgIpc) is 2.62. The maximum absolute atomic E-state index is 11.6. The Hall–Kier alpha value is -1.31. The number of carbonyl (C=O) groups excluding carboxylic acids is 1. The van der Waals surface area contributed by atoms with Crippen molar-refractivity contribution in [1.82, 2.24) is 5.32 Å². The summed E-state index contributed by atoms with van der Waals surface area (Å²) in [5, 5.41) is 3.10. The molecule has 0 saturated heterocycles. The summed E-state index contributed by atoms with van der Waals surface area (Å²) >= 11 is 0. The number of fused-ring (bicyclic) bond motifs is 1. The van der Waals surface area contributed by atoms with E-state index in [4.69, 9.17) is 0 Å². The Morgan fingerprint density at radius 1 is 1.40 bits per heavy atom. The zero-order valence-electron chi connectivity index (χ0n) is 9.29. The van der Waals surface area contributed by atoms with E-state index in [1.807, 2.05) is 19.9 Å². The van der Waals surface area contributed by atoms with E-state index in [0.29, 0.717) is 0 Å².